The topological polar surface area (TPSA) is 24.5 Å². The van der Waals surface area contributed by atoms with Crippen molar-refractivity contribution in [3.63, 3.8) is 0 Å². The summed E-state index contributed by atoms with van der Waals surface area (Å²) in [6, 6.07) is 5.07. The highest BCUT2D eigenvalue weighted by Gasteiger charge is 2.22. The fraction of sp³-hybridized carbons (Fsp3) is 0.625. The summed E-state index contributed by atoms with van der Waals surface area (Å²) in [4.78, 5) is 2.56. The predicted octanol–water partition coefficient (Wildman–Crippen LogP) is 2.96. The van der Waals surface area contributed by atoms with E-state index in [9.17, 15) is 0 Å². The monoisotopic (exact) mass is 338 g/mol. The number of fused-ring (bicyclic) bond motifs is 1. The average Bonchev–Trinajstić information content (AvgIpc) is 2.87. The highest BCUT2D eigenvalue weighted by Crippen LogP contribution is 2.33. The normalized spacial score (nSPS) is 22.6. The average molecular weight is 339 g/mol. The van der Waals surface area contributed by atoms with Gasteiger partial charge in [0.1, 0.15) is 5.75 Å². The molecule has 0 saturated carbocycles. The molecule has 110 valence electrons. The molecule has 0 spiro atoms. The summed E-state index contributed by atoms with van der Waals surface area (Å²) in [5.41, 5.74) is 2.69. The zero-order valence-electron chi connectivity index (χ0n) is 12.1. The molecule has 1 aromatic carbocycles. The van der Waals surface area contributed by atoms with Crippen molar-refractivity contribution < 1.29 is 4.74 Å². The van der Waals surface area contributed by atoms with Gasteiger partial charge in [0.25, 0.3) is 0 Å². The number of benzene rings is 1. The summed E-state index contributed by atoms with van der Waals surface area (Å²) >= 11 is 3.63. The van der Waals surface area contributed by atoms with Gasteiger partial charge in [-0.2, -0.15) is 0 Å². The lowest BCUT2D eigenvalue weighted by Gasteiger charge is -2.34. The van der Waals surface area contributed by atoms with E-state index in [1.807, 2.05) is 0 Å². The quantitative estimate of drug-likeness (QED) is 0.913. The van der Waals surface area contributed by atoms with E-state index in [1.165, 1.54) is 28.4 Å². The minimum atomic E-state index is 0.648. The van der Waals surface area contributed by atoms with E-state index in [2.05, 4.69) is 45.2 Å². The number of ether oxygens (including phenoxy) is 1. The maximum atomic E-state index is 5.84. The molecule has 2 aliphatic heterocycles. The van der Waals surface area contributed by atoms with E-state index in [0.29, 0.717) is 6.04 Å². The standard InChI is InChI=1S/C16H23BrN2O/c1-2-3-15-11-19(6-5-18-15)10-13-9-14(17)8-12-4-7-20-16(12)13/h8-9,15,18H,2-7,10-11H2,1H3. The van der Waals surface area contributed by atoms with Crippen LogP contribution in [-0.2, 0) is 13.0 Å². The largest absolute Gasteiger partial charge is 0.493 e. The van der Waals surface area contributed by atoms with Crippen LogP contribution in [0.1, 0.15) is 30.9 Å². The van der Waals surface area contributed by atoms with Crippen molar-refractivity contribution in [2.45, 2.75) is 38.8 Å². The number of piperazine rings is 1. The third-order valence-corrected chi connectivity index (χ3v) is 4.65. The van der Waals surface area contributed by atoms with E-state index < -0.39 is 0 Å². The molecule has 0 radical (unpaired) electrons. The van der Waals surface area contributed by atoms with Crippen LogP contribution in [0.2, 0.25) is 0 Å². The summed E-state index contributed by atoms with van der Waals surface area (Å²) in [6.07, 6.45) is 3.56. The second-order valence-corrected chi connectivity index (χ2v) is 6.74. The molecule has 1 unspecified atom stereocenters. The molecule has 1 N–H and O–H groups in total. The molecule has 0 aromatic heterocycles. The van der Waals surface area contributed by atoms with Crippen molar-refractivity contribution >= 4 is 15.9 Å². The molecule has 0 aliphatic carbocycles. The van der Waals surface area contributed by atoms with Gasteiger partial charge in [0, 0.05) is 48.7 Å². The van der Waals surface area contributed by atoms with Crippen LogP contribution >= 0.6 is 15.9 Å². The maximum absolute atomic E-state index is 5.84. The molecule has 1 fully saturated rings. The highest BCUT2D eigenvalue weighted by molar-refractivity contribution is 9.10. The summed E-state index contributed by atoms with van der Waals surface area (Å²) in [5.74, 6) is 1.14. The molecule has 0 amide bonds. The molecule has 2 heterocycles. The first-order valence-electron chi connectivity index (χ1n) is 7.66. The molecule has 1 atom stereocenters. The van der Waals surface area contributed by atoms with Crippen molar-refractivity contribution in [2.24, 2.45) is 0 Å². The van der Waals surface area contributed by atoms with Gasteiger partial charge in [-0.05, 0) is 24.1 Å². The van der Waals surface area contributed by atoms with E-state index in [4.69, 9.17) is 4.74 Å². The third-order valence-electron chi connectivity index (χ3n) is 4.20. The number of rotatable bonds is 4. The lowest BCUT2D eigenvalue weighted by atomic mass is 10.1. The summed E-state index contributed by atoms with van der Waals surface area (Å²) < 4.78 is 7.02. The van der Waals surface area contributed by atoms with Gasteiger partial charge in [-0.3, -0.25) is 4.90 Å². The fourth-order valence-electron chi connectivity index (χ4n) is 3.28. The van der Waals surface area contributed by atoms with Crippen LogP contribution in [0.15, 0.2) is 16.6 Å². The first kappa shape index (κ1) is 14.4. The number of nitrogens with one attached hydrogen (secondary N) is 1. The smallest absolute Gasteiger partial charge is 0.127 e. The Morgan fingerprint density at radius 3 is 3.20 bits per heavy atom. The summed E-state index contributed by atoms with van der Waals surface area (Å²) in [7, 11) is 0. The van der Waals surface area contributed by atoms with Crippen LogP contribution in [0, 0.1) is 0 Å². The van der Waals surface area contributed by atoms with Gasteiger partial charge < -0.3 is 10.1 Å². The summed E-state index contributed by atoms with van der Waals surface area (Å²) in [6.45, 7) is 7.47. The van der Waals surface area contributed by atoms with Gasteiger partial charge in [0.05, 0.1) is 6.61 Å². The number of halogens is 1. The highest BCUT2D eigenvalue weighted by atomic mass is 79.9. The number of nitrogens with zero attached hydrogens (tertiary/aromatic N) is 1. The molecule has 20 heavy (non-hydrogen) atoms. The van der Waals surface area contributed by atoms with Crippen LogP contribution in [0.3, 0.4) is 0 Å². The first-order valence-corrected chi connectivity index (χ1v) is 8.45. The molecule has 0 bridgehead atoms. The molecule has 3 nitrogen and oxygen atoms in total. The van der Waals surface area contributed by atoms with Crippen molar-refractivity contribution in [2.75, 3.05) is 26.2 Å². The Balaban J connectivity index is 1.71. The van der Waals surface area contributed by atoms with Gasteiger partial charge in [-0.1, -0.05) is 29.3 Å². The van der Waals surface area contributed by atoms with Gasteiger partial charge >= 0.3 is 0 Å². The zero-order chi connectivity index (χ0) is 13.9. The molecule has 1 aromatic rings. The van der Waals surface area contributed by atoms with Crippen molar-refractivity contribution in [1.82, 2.24) is 10.2 Å². The Bertz CT molecular complexity index is 476. The number of hydrogen-bond donors (Lipinski definition) is 1. The Hall–Kier alpha value is -0.580. The van der Waals surface area contributed by atoms with Crippen LogP contribution in [0.4, 0.5) is 0 Å². The maximum Gasteiger partial charge on any atom is 0.127 e. The van der Waals surface area contributed by atoms with E-state index >= 15 is 0 Å². The Morgan fingerprint density at radius 2 is 2.35 bits per heavy atom. The van der Waals surface area contributed by atoms with E-state index in [-0.39, 0.29) is 0 Å². The van der Waals surface area contributed by atoms with Gasteiger partial charge in [-0.25, -0.2) is 0 Å². The van der Waals surface area contributed by atoms with E-state index in [0.717, 1.165) is 45.0 Å². The molecule has 3 rings (SSSR count). The lowest BCUT2D eigenvalue weighted by molar-refractivity contribution is 0.185. The van der Waals surface area contributed by atoms with E-state index in [1.54, 1.807) is 0 Å². The Morgan fingerprint density at radius 1 is 1.45 bits per heavy atom. The summed E-state index contributed by atoms with van der Waals surface area (Å²) in [5, 5.41) is 3.62. The minimum Gasteiger partial charge on any atom is -0.493 e. The lowest BCUT2D eigenvalue weighted by Crippen LogP contribution is -2.50. The second-order valence-electron chi connectivity index (χ2n) is 5.83. The molecule has 2 aliphatic rings. The number of hydrogen-bond acceptors (Lipinski definition) is 3. The predicted molar refractivity (Wildman–Crippen MR) is 85.3 cm³/mol. The molecular formula is C16H23BrN2O. The van der Waals surface area contributed by atoms with Crippen molar-refractivity contribution in [3.8, 4) is 5.75 Å². The zero-order valence-corrected chi connectivity index (χ0v) is 13.7. The first-order chi connectivity index (χ1) is 9.76. The van der Waals surface area contributed by atoms with Crippen molar-refractivity contribution in [1.29, 1.82) is 0 Å². The Labute approximate surface area is 129 Å². The van der Waals surface area contributed by atoms with Crippen LogP contribution < -0.4 is 10.1 Å². The molecule has 1 saturated heterocycles. The SMILES string of the molecule is CCCC1CN(Cc2cc(Br)cc3c2OCC3)CCN1. The van der Waals surface area contributed by atoms with Crippen molar-refractivity contribution in [3.05, 3.63) is 27.7 Å². The third kappa shape index (κ3) is 3.18. The van der Waals surface area contributed by atoms with Gasteiger partial charge in [-0.15, -0.1) is 0 Å². The second kappa shape index (κ2) is 6.46. The van der Waals surface area contributed by atoms with Gasteiger partial charge in [0.2, 0.25) is 0 Å². The minimum absolute atomic E-state index is 0.648. The van der Waals surface area contributed by atoms with Gasteiger partial charge in [0.15, 0.2) is 0 Å². The van der Waals surface area contributed by atoms with Crippen LogP contribution in [-0.4, -0.2) is 37.2 Å². The fourth-order valence-corrected chi connectivity index (χ4v) is 3.84. The van der Waals surface area contributed by atoms with Crippen LogP contribution in [0.5, 0.6) is 5.75 Å². The molecular weight excluding hydrogens is 316 g/mol. The Kier molecular flexibility index (Phi) is 4.64. The van der Waals surface area contributed by atoms with Crippen LogP contribution in [0.25, 0.3) is 0 Å². The molecule has 4 heteroatoms.